The minimum atomic E-state index is 0.577. The summed E-state index contributed by atoms with van der Waals surface area (Å²) >= 11 is 11.8. The molecule has 2 aromatic rings. The van der Waals surface area contributed by atoms with Crippen LogP contribution in [0, 0.1) is 0 Å². The Morgan fingerprint density at radius 3 is 2.64 bits per heavy atom. The number of aromatic nitrogens is 3. The molecule has 1 aromatic heterocycles. The molecule has 0 N–H and O–H groups in total. The van der Waals surface area contributed by atoms with Crippen molar-refractivity contribution in [2.75, 3.05) is 0 Å². The average Bonchev–Trinajstić information content (AvgIpc) is 2.52. The van der Waals surface area contributed by atoms with Gasteiger partial charge in [0, 0.05) is 17.6 Å². The summed E-state index contributed by atoms with van der Waals surface area (Å²) in [5.41, 5.74) is 0.830. The highest BCUT2D eigenvalue weighted by Gasteiger charge is 2.08. The maximum atomic E-state index is 6.03. The van der Waals surface area contributed by atoms with Crippen LogP contribution in [0.3, 0.4) is 0 Å². The fourth-order valence-electron chi connectivity index (χ4n) is 1.20. The molecule has 72 valence electrons. The molecule has 0 aliphatic carbocycles. The highest BCUT2D eigenvalue weighted by Crippen LogP contribution is 2.28. The summed E-state index contributed by atoms with van der Waals surface area (Å²) in [6, 6.07) is 5.29. The van der Waals surface area contributed by atoms with Gasteiger partial charge in [-0.25, -0.2) is 0 Å². The number of hydrogen-bond acceptors (Lipinski definition) is 2. The highest BCUT2D eigenvalue weighted by molar-refractivity contribution is 6.36. The number of rotatable bonds is 1. The first-order chi connectivity index (χ1) is 6.68. The van der Waals surface area contributed by atoms with Crippen molar-refractivity contribution in [1.82, 2.24) is 14.8 Å². The minimum Gasteiger partial charge on any atom is -0.317 e. The molecule has 3 nitrogen and oxygen atoms in total. The summed E-state index contributed by atoms with van der Waals surface area (Å²) < 4.78 is 1.80. The van der Waals surface area contributed by atoms with Gasteiger partial charge in [0.05, 0.1) is 5.02 Å². The van der Waals surface area contributed by atoms with Gasteiger partial charge in [0.25, 0.3) is 0 Å². The molecule has 0 saturated carbocycles. The molecule has 0 fully saturated rings. The number of aryl methyl sites for hydroxylation is 1. The minimum absolute atomic E-state index is 0.577. The SMILES string of the molecule is Cn1cnnc1-c1ccc(Cl)cc1Cl. The molecule has 0 spiro atoms. The second kappa shape index (κ2) is 3.59. The van der Waals surface area contributed by atoms with Crippen molar-refractivity contribution < 1.29 is 0 Å². The van der Waals surface area contributed by atoms with E-state index in [9.17, 15) is 0 Å². The zero-order chi connectivity index (χ0) is 10.1. The van der Waals surface area contributed by atoms with Crippen molar-refractivity contribution in [3.05, 3.63) is 34.6 Å². The molecule has 0 radical (unpaired) electrons. The topological polar surface area (TPSA) is 30.7 Å². The Morgan fingerprint density at radius 1 is 1.29 bits per heavy atom. The van der Waals surface area contributed by atoms with E-state index in [0.29, 0.717) is 10.0 Å². The summed E-state index contributed by atoms with van der Waals surface area (Å²) in [5, 5.41) is 8.93. The van der Waals surface area contributed by atoms with Crippen LogP contribution in [0.4, 0.5) is 0 Å². The Balaban J connectivity index is 2.58. The predicted octanol–water partition coefficient (Wildman–Crippen LogP) is 2.79. The Morgan fingerprint density at radius 2 is 2.07 bits per heavy atom. The molecular formula is C9H7Cl2N3. The Bertz CT molecular complexity index is 465. The van der Waals surface area contributed by atoms with Gasteiger partial charge in [-0.1, -0.05) is 23.2 Å². The van der Waals surface area contributed by atoms with Crippen LogP contribution in [0.2, 0.25) is 10.0 Å². The van der Waals surface area contributed by atoms with Crippen LogP contribution in [-0.2, 0) is 7.05 Å². The van der Waals surface area contributed by atoms with E-state index in [1.807, 2.05) is 13.1 Å². The summed E-state index contributed by atoms with van der Waals surface area (Å²) in [5.74, 6) is 0.728. The molecule has 0 saturated heterocycles. The lowest BCUT2D eigenvalue weighted by atomic mass is 10.2. The number of halogens is 2. The first kappa shape index (κ1) is 9.49. The molecular weight excluding hydrogens is 221 g/mol. The van der Waals surface area contributed by atoms with E-state index < -0.39 is 0 Å². The molecule has 1 aromatic carbocycles. The molecule has 0 bridgehead atoms. The third-order valence-electron chi connectivity index (χ3n) is 1.88. The van der Waals surface area contributed by atoms with Crippen molar-refractivity contribution in [3.63, 3.8) is 0 Å². The van der Waals surface area contributed by atoms with Crippen LogP contribution in [-0.4, -0.2) is 14.8 Å². The molecule has 0 amide bonds. The smallest absolute Gasteiger partial charge is 0.164 e. The van der Waals surface area contributed by atoms with Gasteiger partial charge in [0.2, 0.25) is 0 Å². The van der Waals surface area contributed by atoms with Crippen LogP contribution >= 0.6 is 23.2 Å². The molecule has 0 aliphatic heterocycles. The van der Waals surface area contributed by atoms with E-state index in [2.05, 4.69) is 10.2 Å². The van der Waals surface area contributed by atoms with E-state index in [0.717, 1.165) is 11.4 Å². The monoisotopic (exact) mass is 227 g/mol. The maximum absolute atomic E-state index is 6.03. The lowest BCUT2D eigenvalue weighted by molar-refractivity contribution is 0.920. The molecule has 0 aliphatic rings. The number of benzene rings is 1. The summed E-state index contributed by atoms with van der Waals surface area (Å²) in [4.78, 5) is 0. The van der Waals surface area contributed by atoms with Crippen LogP contribution in [0.15, 0.2) is 24.5 Å². The maximum Gasteiger partial charge on any atom is 0.164 e. The third-order valence-corrected chi connectivity index (χ3v) is 2.43. The third kappa shape index (κ3) is 1.61. The van der Waals surface area contributed by atoms with Crippen molar-refractivity contribution >= 4 is 23.2 Å². The molecule has 5 heteroatoms. The zero-order valence-corrected chi connectivity index (χ0v) is 8.92. The first-order valence-electron chi connectivity index (χ1n) is 3.98. The standard InChI is InChI=1S/C9H7Cl2N3/c1-14-5-12-13-9(14)7-3-2-6(10)4-8(7)11/h2-5H,1H3. The quantitative estimate of drug-likeness (QED) is 0.751. The fourth-order valence-corrected chi connectivity index (χ4v) is 1.69. The number of hydrogen-bond donors (Lipinski definition) is 0. The van der Waals surface area contributed by atoms with Crippen LogP contribution in [0.5, 0.6) is 0 Å². The normalized spacial score (nSPS) is 10.5. The fraction of sp³-hybridized carbons (Fsp3) is 0.111. The Labute approximate surface area is 91.3 Å². The van der Waals surface area contributed by atoms with Gasteiger partial charge in [-0.05, 0) is 18.2 Å². The first-order valence-corrected chi connectivity index (χ1v) is 4.73. The van der Waals surface area contributed by atoms with Crippen molar-refractivity contribution in [2.45, 2.75) is 0 Å². The lowest BCUT2D eigenvalue weighted by Gasteiger charge is -2.02. The van der Waals surface area contributed by atoms with Crippen LogP contribution in [0.1, 0.15) is 0 Å². The molecule has 2 rings (SSSR count). The predicted molar refractivity (Wildman–Crippen MR) is 56.5 cm³/mol. The average molecular weight is 228 g/mol. The summed E-state index contributed by atoms with van der Waals surface area (Å²) in [6.45, 7) is 0. The van der Waals surface area contributed by atoms with E-state index in [4.69, 9.17) is 23.2 Å². The molecule has 14 heavy (non-hydrogen) atoms. The molecule has 0 unspecified atom stereocenters. The van der Waals surface area contributed by atoms with E-state index in [1.54, 1.807) is 23.0 Å². The largest absolute Gasteiger partial charge is 0.317 e. The van der Waals surface area contributed by atoms with Crippen molar-refractivity contribution in [1.29, 1.82) is 0 Å². The van der Waals surface area contributed by atoms with Crippen molar-refractivity contribution in [2.24, 2.45) is 7.05 Å². The van der Waals surface area contributed by atoms with Gasteiger partial charge in [-0.15, -0.1) is 10.2 Å². The number of nitrogens with zero attached hydrogens (tertiary/aromatic N) is 3. The Kier molecular flexibility index (Phi) is 2.44. The van der Waals surface area contributed by atoms with Gasteiger partial charge in [0.1, 0.15) is 6.33 Å². The van der Waals surface area contributed by atoms with Gasteiger partial charge < -0.3 is 4.57 Å². The van der Waals surface area contributed by atoms with Gasteiger partial charge in [-0.3, -0.25) is 0 Å². The summed E-state index contributed by atoms with van der Waals surface area (Å²) in [7, 11) is 1.86. The van der Waals surface area contributed by atoms with Gasteiger partial charge in [-0.2, -0.15) is 0 Å². The summed E-state index contributed by atoms with van der Waals surface area (Å²) in [6.07, 6.45) is 1.63. The van der Waals surface area contributed by atoms with Crippen molar-refractivity contribution in [3.8, 4) is 11.4 Å². The van der Waals surface area contributed by atoms with E-state index in [-0.39, 0.29) is 0 Å². The van der Waals surface area contributed by atoms with Crippen LogP contribution < -0.4 is 0 Å². The molecule has 1 heterocycles. The second-order valence-electron chi connectivity index (χ2n) is 2.89. The van der Waals surface area contributed by atoms with E-state index in [1.165, 1.54) is 0 Å². The lowest BCUT2D eigenvalue weighted by Crippen LogP contribution is -1.91. The van der Waals surface area contributed by atoms with Gasteiger partial charge >= 0.3 is 0 Å². The highest BCUT2D eigenvalue weighted by atomic mass is 35.5. The zero-order valence-electron chi connectivity index (χ0n) is 7.41. The second-order valence-corrected chi connectivity index (χ2v) is 3.73. The van der Waals surface area contributed by atoms with Crippen LogP contribution in [0.25, 0.3) is 11.4 Å². The van der Waals surface area contributed by atoms with E-state index >= 15 is 0 Å². The molecule has 0 atom stereocenters. The Hall–Kier alpha value is -1.06. The van der Waals surface area contributed by atoms with Gasteiger partial charge in [0.15, 0.2) is 5.82 Å².